The summed E-state index contributed by atoms with van der Waals surface area (Å²) >= 11 is 0. The van der Waals surface area contributed by atoms with Crippen LogP contribution in [0.2, 0.25) is 0 Å². The Hall–Kier alpha value is -2.01. The van der Waals surface area contributed by atoms with Gasteiger partial charge in [-0.25, -0.2) is 4.79 Å². The van der Waals surface area contributed by atoms with Crippen molar-refractivity contribution in [3.8, 4) is 5.75 Å². The maximum absolute atomic E-state index is 11.8. The third kappa shape index (κ3) is 3.76. The predicted octanol–water partition coefficient (Wildman–Crippen LogP) is 2.72. The van der Waals surface area contributed by atoms with Gasteiger partial charge in [-0.15, -0.1) is 0 Å². The van der Waals surface area contributed by atoms with Gasteiger partial charge in [-0.2, -0.15) is 0 Å². The number of nitrogens with zero attached hydrogens (tertiary/aromatic N) is 2. The van der Waals surface area contributed by atoms with Crippen molar-refractivity contribution in [1.82, 2.24) is 14.8 Å². The minimum Gasteiger partial charge on any atom is -0.410 e. The number of hydrogen-bond acceptors (Lipinski definition) is 3. The van der Waals surface area contributed by atoms with E-state index in [1.807, 2.05) is 31.3 Å². The van der Waals surface area contributed by atoms with E-state index in [-0.39, 0.29) is 6.09 Å². The van der Waals surface area contributed by atoms with Gasteiger partial charge in [-0.1, -0.05) is 0 Å². The van der Waals surface area contributed by atoms with Crippen LogP contribution in [0.5, 0.6) is 5.75 Å². The van der Waals surface area contributed by atoms with E-state index in [1.165, 1.54) is 15.8 Å². The Bertz CT molecular complexity index is 619. The van der Waals surface area contributed by atoms with Crippen molar-refractivity contribution in [1.29, 1.82) is 0 Å². The molecule has 0 spiro atoms. The molecule has 0 aliphatic carbocycles. The van der Waals surface area contributed by atoms with Gasteiger partial charge >= 0.3 is 6.09 Å². The summed E-state index contributed by atoms with van der Waals surface area (Å²) < 4.78 is 5.34. The largest absolute Gasteiger partial charge is 0.414 e. The van der Waals surface area contributed by atoms with Crippen molar-refractivity contribution >= 4 is 17.0 Å². The zero-order valence-electron chi connectivity index (χ0n) is 13.1. The molecule has 0 unspecified atom stereocenters. The summed E-state index contributed by atoms with van der Waals surface area (Å²) in [7, 11) is 5.85. The van der Waals surface area contributed by atoms with E-state index >= 15 is 0 Å². The fraction of sp³-hybridized carbons (Fsp3) is 0.438. The quantitative estimate of drug-likeness (QED) is 0.920. The Morgan fingerprint density at radius 2 is 2.05 bits per heavy atom. The van der Waals surface area contributed by atoms with E-state index in [0.717, 1.165) is 18.5 Å². The van der Waals surface area contributed by atoms with Crippen molar-refractivity contribution in [2.45, 2.75) is 13.3 Å². The zero-order valence-corrected chi connectivity index (χ0v) is 13.1. The molecule has 5 nitrogen and oxygen atoms in total. The molecule has 2 aromatic rings. The average molecular weight is 289 g/mol. The smallest absolute Gasteiger partial charge is 0.410 e. The Balaban J connectivity index is 2.14. The minimum atomic E-state index is -0.337. The van der Waals surface area contributed by atoms with Crippen LogP contribution in [0.3, 0.4) is 0 Å². The summed E-state index contributed by atoms with van der Waals surface area (Å²) in [6, 6.07) is 5.72. The third-order valence-corrected chi connectivity index (χ3v) is 3.56. The van der Waals surface area contributed by atoms with E-state index < -0.39 is 0 Å². The summed E-state index contributed by atoms with van der Waals surface area (Å²) in [5, 5.41) is 1.18. The molecule has 0 fully saturated rings. The van der Waals surface area contributed by atoms with E-state index in [1.54, 1.807) is 7.05 Å². The second kappa shape index (κ2) is 6.63. The molecule has 1 heterocycles. The van der Waals surface area contributed by atoms with E-state index in [0.29, 0.717) is 12.3 Å². The number of H-pyrrole nitrogens is 1. The highest BCUT2D eigenvalue weighted by Crippen LogP contribution is 2.24. The second-order valence-electron chi connectivity index (χ2n) is 5.46. The number of carbonyl (C=O) groups is 1. The highest BCUT2D eigenvalue weighted by molar-refractivity contribution is 5.85. The standard InChI is InChI=1S/C16H23N3O2/c1-5-19(4)16(20)21-13-6-7-14-12(8-9-18(2)3)11-17-15(14)10-13/h6-7,10-11,17H,5,8-9H2,1-4H3. The molecule has 1 aromatic carbocycles. The lowest BCUT2D eigenvalue weighted by Crippen LogP contribution is -2.29. The maximum Gasteiger partial charge on any atom is 0.414 e. The van der Waals surface area contributed by atoms with Gasteiger partial charge < -0.3 is 19.5 Å². The number of likely N-dealkylation sites (N-methyl/N-ethyl adjacent to an activating group) is 1. The maximum atomic E-state index is 11.8. The Morgan fingerprint density at radius 3 is 2.71 bits per heavy atom. The van der Waals surface area contributed by atoms with E-state index in [9.17, 15) is 4.79 Å². The van der Waals surface area contributed by atoms with Crippen molar-refractivity contribution in [2.24, 2.45) is 0 Å². The number of nitrogens with one attached hydrogen (secondary N) is 1. The summed E-state index contributed by atoms with van der Waals surface area (Å²) in [6.45, 7) is 3.54. The SMILES string of the molecule is CCN(C)C(=O)Oc1ccc2c(CCN(C)C)c[nH]c2c1. The lowest BCUT2D eigenvalue weighted by atomic mass is 10.1. The summed E-state index contributed by atoms with van der Waals surface area (Å²) in [4.78, 5) is 18.7. The van der Waals surface area contributed by atoms with Crippen LogP contribution in [-0.2, 0) is 6.42 Å². The van der Waals surface area contributed by atoms with Crippen molar-refractivity contribution in [3.05, 3.63) is 30.0 Å². The van der Waals surface area contributed by atoms with Gasteiger partial charge in [0, 0.05) is 43.3 Å². The summed E-state index contributed by atoms with van der Waals surface area (Å²) in [5.41, 5.74) is 2.27. The number of fused-ring (bicyclic) bond motifs is 1. The van der Waals surface area contributed by atoms with E-state index in [4.69, 9.17) is 4.74 Å². The molecular weight excluding hydrogens is 266 g/mol. The van der Waals surface area contributed by atoms with Crippen molar-refractivity contribution in [2.75, 3.05) is 34.2 Å². The van der Waals surface area contributed by atoms with Crippen LogP contribution in [0.1, 0.15) is 12.5 Å². The first-order chi connectivity index (χ1) is 10.0. The van der Waals surface area contributed by atoms with Gasteiger partial charge in [0.25, 0.3) is 0 Å². The fourth-order valence-corrected chi connectivity index (χ4v) is 2.09. The molecule has 0 aliphatic heterocycles. The second-order valence-corrected chi connectivity index (χ2v) is 5.46. The molecule has 0 saturated carbocycles. The number of carbonyl (C=O) groups excluding carboxylic acids is 1. The fourth-order valence-electron chi connectivity index (χ4n) is 2.09. The number of amides is 1. The average Bonchev–Trinajstić information content (AvgIpc) is 2.86. The minimum absolute atomic E-state index is 0.337. The normalized spacial score (nSPS) is 11.1. The van der Waals surface area contributed by atoms with Gasteiger partial charge in [0.05, 0.1) is 0 Å². The van der Waals surface area contributed by atoms with Crippen LogP contribution in [0.25, 0.3) is 10.9 Å². The van der Waals surface area contributed by atoms with Gasteiger partial charge in [0.15, 0.2) is 0 Å². The van der Waals surface area contributed by atoms with Crippen LogP contribution < -0.4 is 4.74 Å². The molecule has 21 heavy (non-hydrogen) atoms. The first-order valence-electron chi connectivity index (χ1n) is 7.19. The topological polar surface area (TPSA) is 48.6 Å². The number of aromatic amines is 1. The third-order valence-electron chi connectivity index (χ3n) is 3.56. The molecular formula is C16H23N3O2. The molecule has 0 atom stereocenters. The number of hydrogen-bond donors (Lipinski definition) is 1. The summed E-state index contributed by atoms with van der Waals surface area (Å²) in [5.74, 6) is 0.564. The molecule has 0 aliphatic rings. The number of benzene rings is 1. The van der Waals surface area contributed by atoms with Gasteiger partial charge in [0.1, 0.15) is 5.75 Å². The van der Waals surface area contributed by atoms with Crippen LogP contribution in [-0.4, -0.2) is 55.1 Å². The Kier molecular flexibility index (Phi) is 4.85. The summed E-state index contributed by atoms with van der Waals surface area (Å²) in [6.07, 6.45) is 2.68. The van der Waals surface area contributed by atoms with Crippen molar-refractivity contribution < 1.29 is 9.53 Å². The Morgan fingerprint density at radius 1 is 1.29 bits per heavy atom. The lowest BCUT2D eigenvalue weighted by molar-refractivity contribution is 0.165. The van der Waals surface area contributed by atoms with Gasteiger partial charge in [-0.3, -0.25) is 0 Å². The molecule has 114 valence electrons. The Labute approximate surface area is 125 Å². The van der Waals surface area contributed by atoms with Crippen LogP contribution >= 0.6 is 0 Å². The molecule has 0 saturated heterocycles. The monoisotopic (exact) mass is 289 g/mol. The van der Waals surface area contributed by atoms with Gasteiger partial charge in [0.2, 0.25) is 0 Å². The number of aromatic nitrogens is 1. The number of ether oxygens (including phenoxy) is 1. The molecule has 2 rings (SSSR count). The number of rotatable bonds is 5. The molecule has 0 radical (unpaired) electrons. The lowest BCUT2D eigenvalue weighted by Gasteiger charge is -2.14. The highest BCUT2D eigenvalue weighted by Gasteiger charge is 2.11. The first-order valence-corrected chi connectivity index (χ1v) is 7.19. The molecule has 5 heteroatoms. The van der Waals surface area contributed by atoms with Crippen molar-refractivity contribution in [3.63, 3.8) is 0 Å². The molecule has 1 amide bonds. The molecule has 0 bridgehead atoms. The highest BCUT2D eigenvalue weighted by atomic mass is 16.6. The zero-order chi connectivity index (χ0) is 15.4. The molecule has 1 aromatic heterocycles. The van der Waals surface area contributed by atoms with Crippen LogP contribution in [0.15, 0.2) is 24.4 Å². The van der Waals surface area contributed by atoms with Gasteiger partial charge in [-0.05, 0) is 45.1 Å². The first kappa shape index (κ1) is 15.4. The van der Waals surface area contributed by atoms with Crippen LogP contribution in [0, 0.1) is 0 Å². The van der Waals surface area contributed by atoms with E-state index in [2.05, 4.69) is 24.0 Å². The predicted molar refractivity (Wildman–Crippen MR) is 84.9 cm³/mol. The van der Waals surface area contributed by atoms with Crippen LogP contribution in [0.4, 0.5) is 4.79 Å². The molecule has 1 N–H and O–H groups in total.